The fraction of sp³-hybridized carbons (Fsp3) is 0.167. The number of hydrogen-bond acceptors (Lipinski definition) is 3. The zero-order valence-electron chi connectivity index (χ0n) is 6.43. The smallest absolute Gasteiger partial charge is 0.259 e. The van der Waals surface area contributed by atoms with Crippen LogP contribution in [0.25, 0.3) is 11.2 Å². The molecule has 0 saturated carbocycles. The number of H-pyrrole nitrogens is 1. The summed E-state index contributed by atoms with van der Waals surface area (Å²) >= 11 is 5.44. The molecular formula is C6H2ClF3N4. The number of alkyl halides is 3. The maximum atomic E-state index is 12.3. The van der Waals surface area contributed by atoms with E-state index in [2.05, 4.69) is 20.2 Å². The van der Waals surface area contributed by atoms with E-state index in [0.717, 1.165) is 6.20 Å². The molecule has 0 aromatic carbocycles. The summed E-state index contributed by atoms with van der Waals surface area (Å²) in [5, 5.41) is 5.19. The van der Waals surface area contributed by atoms with Gasteiger partial charge in [0.1, 0.15) is 10.7 Å². The summed E-state index contributed by atoms with van der Waals surface area (Å²) < 4.78 is 36.8. The first-order valence-corrected chi connectivity index (χ1v) is 3.80. The SMILES string of the molecule is FC(F)(F)c1n[nH]c2nc(Cl)cnc12. The lowest BCUT2D eigenvalue weighted by Crippen LogP contribution is -2.06. The van der Waals surface area contributed by atoms with Crippen molar-refractivity contribution in [3.05, 3.63) is 17.0 Å². The lowest BCUT2D eigenvalue weighted by atomic mass is 10.4. The topological polar surface area (TPSA) is 54.5 Å². The number of aromatic amines is 1. The van der Waals surface area contributed by atoms with E-state index in [1.165, 1.54) is 0 Å². The molecule has 4 nitrogen and oxygen atoms in total. The molecule has 2 rings (SSSR count). The first-order chi connectivity index (χ1) is 6.48. The predicted molar refractivity (Wildman–Crippen MR) is 41.7 cm³/mol. The third-order valence-electron chi connectivity index (χ3n) is 1.51. The van der Waals surface area contributed by atoms with Gasteiger partial charge < -0.3 is 0 Å². The Hall–Kier alpha value is -1.37. The number of fused-ring (bicyclic) bond motifs is 1. The van der Waals surface area contributed by atoms with Gasteiger partial charge in [-0.05, 0) is 0 Å². The molecule has 0 atom stereocenters. The first kappa shape index (κ1) is 9.20. The molecule has 0 aliphatic heterocycles. The Kier molecular flexibility index (Phi) is 1.84. The van der Waals surface area contributed by atoms with Gasteiger partial charge in [0.05, 0.1) is 6.20 Å². The Morgan fingerprint density at radius 3 is 2.71 bits per heavy atom. The van der Waals surface area contributed by atoms with E-state index in [0.29, 0.717) is 0 Å². The normalized spacial score (nSPS) is 12.3. The van der Waals surface area contributed by atoms with Crippen LogP contribution in [0.1, 0.15) is 5.69 Å². The summed E-state index contributed by atoms with van der Waals surface area (Å²) in [5.41, 5.74) is -1.50. The van der Waals surface area contributed by atoms with Gasteiger partial charge in [-0.1, -0.05) is 11.6 Å². The van der Waals surface area contributed by atoms with Crippen LogP contribution in [-0.4, -0.2) is 20.2 Å². The van der Waals surface area contributed by atoms with Crippen molar-refractivity contribution in [1.29, 1.82) is 0 Å². The predicted octanol–water partition coefficient (Wildman–Crippen LogP) is 2.03. The second kappa shape index (κ2) is 2.81. The van der Waals surface area contributed by atoms with Gasteiger partial charge >= 0.3 is 6.18 Å². The average molecular weight is 223 g/mol. The van der Waals surface area contributed by atoms with E-state index in [1.807, 2.05) is 0 Å². The fourth-order valence-electron chi connectivity index (χ4n) is 0.978. The highest BCUT2D eigenvalue weighted by Crippen LogP contribution is 2.31. The van der Waals surface area contributed by atoms with Gasteiger partial charge in [0.2, 0.25) is 0 Å². The van der Waals surface area contributed by atoms with Crippen molar-refractivity contribution in [1.82, 2.24) is 20.2 Å². The molecule has 0 saturated heterocycles. The van der Waals surface area contributed by atoms with Crippen LogP contribution in [0.2, 0.25) is 5.15 Å². The van der Waals surface area contributed by atoms with Gasteiger partial charge in [-0.2, -0.15) is 18.3 Å². The van der Waals surface area contributed by atoms with Crippen molar-refractivity contribution in [3.8, 4) is 0 Å². The second-order valence-corrected chi connectivity index (χ2v) is 2.85. The summed E-state index contributed by atoms with van der Waals surface area (Å²) in [7, 11) is 0. The van der Waals surface area contributed by atoms with Crippen LogP contribution in [-0.2, 0) is 6.18 Å². The van der Waals surface area contributed by atoms with Crippen LogP contribution in [0, 0.1) is 0 Å². The number of halogens is 4. The number of rotatable bonds is 0. The third-order valence-corrected chi connectivity index (χ3v) is 1.69. The maximum Gasteiger partial charge on any atom is 0.437 e. The molecule has 2 aromatic rings. The van der Waals surface area contributed by atoms with E-state index in [4.69, 9.17) is 11.6 Å². The molecule has 1 N–H and O–H groups in total. The highest BCUT2D eigenvalue weighted by atomic mass is 35.5. The molecule has 0 bridgehead atoms. The number of nitrogens with one attached hydrogen (secondary N) is 1. The minimum absolute atomic E-state index is 0.00914. The van der Waals surface area contributed by atoms with E-state index in [1.54, 1.807) is 0 Å². The van der Waals surface area contributed by atoms with E-state index in [-0.39, 0.29) is 16.3 Å². The summed E-state index contributed by atoms with van der Waals surface area (Å²) in [6.07, 6.45) is -3.50. The van der Waals surface area contributed by atoms with E-state index in [9.17, 15) is 13.2 Å². The van der Waals surface area contributed by atoms with Gasteiger partial charge in [0, 0.05) is 0 Å². The molecule has 0 spiro atoms. The van der Waals surface area contributed by atoms with Crippen LogP contribution in [0.5, 0.6) is 0 Å². The largest absolute Gasteiger partial charge is 0.437 e. The Morgan fingerprint density at radius 1 is 1.36 bits per heavy atom. The Bertz CT molecular complexity index is 477. The van der Waals surface area contributed by atoms with Crippen molar-refractivity contribution in [3.63, 3.8) is 0 Å². The number of aromatic nitrogens is 4. The summed E-state index contributed by atoms with van der Waals surface area (Å²) in [6.45, 7) is 0. The first-order valence-electron chi connectivity index (χ1n) is 3.42. The maximum absolute atomic E-state index is 12.3. The highest BCUT2D eigenvalue weighted by molar-refractivity contribution is 6.29. The van der Waals surface area contributed by atoms with Crippen LogP contribution >= 0.6 is 11.6 Å². The fourth-order valence-corrected chi connectivity index (χ4v) is 1.11. The minimum Gasteiger partial charge on any atom is -0.259 e. The summed E-state index contributed by atoms with van der Waals surface area (Å²) in [6, 6.07) is 0. The van der Waals surface area contributed by atoms with Gasteiger partial charge in [-0.25, -0.2) is 9.97 Å². The molecule has 14 heavy (non-hydrogen) atoms. The molecule has 0 amide bonds. The van der Waals surface area contributed by atoms with Crippen LogP contribution in [0.4, 0.5) is 13.2 Å². The van der Waals surface area contributed by atoms with Crippen LogP contribution in [0.3, 0.4) is 0 Å². The third kappa shape index (κ3) is 1.39. The Balaban J connectivity index is 2.70. The summed E-state index contributed by atoms with van der Waals surface area (Å²) in [4.78, 5) is 7.09. The van der Waals surface area contributed by atoms with E-state index < -0.39 is 11.9 Å². The minimum atomic E-state index is -4.54. The van der Waals surface area contributed by atoms with Crippen molar-refractivity contribution in [2.24, 2.45) is 0 Å². The average Bonchev–Trinajstić information content (AvgIpc) is 2.45. The molecule has 0 radical (unpaired) electrons. The molecular weight excluding hydrogens is 221 g/mol. The molecule has 0 fully saturated rings. The Labute approximate surface area is 80.1 Å². The van der Waals surface area contributed by atoms with Crippen molar-refractivity contribution in [2.45, 2.75) is 6.18 Å². The molecule has 74 valence electrons. The van der Waals surface area contributed by atoms with Gasteiger partial charge in [-0.15, -0.1) is 0 Å². The van der Waals surface area contributed by atoms with Gasteiger partial charge in [0.15, 0.2) is 11.3 Å². The molecule has 2 heterocycles. The molecule has 2 aromatic heterocycles. The monoisotopic (exact) mass is 222 g/mol. The number of hydrogen-bond donors (Lipinski definition) is 1. The van der Waals surface area contributed by atoms with Crippen molar-refractivity contribution < 1.29 is 13.2 Å². The quantitative estimate of drug-likeness (QED) is 0.742. The zero-order chi connectivity index (χ0) is 10.3. The lowest BCUT2D eigenvalue weighted by Gasteiger charge is -2.00. The lowest BCUT2D eigenvalue weighted by molar-refractivity contribution is -0.140. The number of nitrogens with zero attached hydrogens (tertiary/aromatic N) is 3. The zero-order valence-corrected chi connectivity index (χ0v) is 7.19. The molecule has 0 unspecified atom stereocenters. The van der Waals surface area contributed by atoms with E-state index >= 15 is 0 Å². The Morgan fingerprint density at radius 2 is 2.07 bits per heavy atom. The standard InChI is InChI=1S/C6H2ClF3N4/c7-2-1-11-3-4(6(8,9)10)13-14-5(3)12-2/h1H,(H,12,13,14). The van der Waals surface area contributed by atoms with Gasteiger partial charge in [0.25, 0.3) is 0 Å². The molecule has 8 heteroatoms. The van der Waals surface area contributed by atoms with Crippen molar-refractivity contribution in [2.75, 3.05) is 0 Å². The molecule has 0 aliphatic rings. The highest BCUT2D eigenvalue weighted by Gasteiger charge is 2.37. The van der Waals surface area contributed by atoms with Crippen molar-refractivity contribution >= 4 is 22.8 Å². The van der Waals surface area contributed by atoms with Crippen LogP contribution in [0.15, 0.2) is 6.20 Å². The van der Waals surface area contributed by atoms with Gasteiger partial charge in [-0.3, -0.25) is 5.10 Å². The second-order valence-electron chi connectivity index (χ2n) is 2.46. The molecule has 0 aliphatic carbocycles. The summed E-state index contributed by atoms with van der Waals surface area (Å²) in [5.74, 6) is 0. The van der Waals surface area contributed by atoms with Crippen LogP contribution < -0.4 is 0 Å².